The Kier molecular flexibility index (Phi) is 7.68. The molecule has 2 aromatic rings. The number of allylic oxidation sites excluding steroid dienone is 1. The molecule has 3 rings (SSSR count). The number of nitrogens with zero attached hydrogens (tertiary/aromatic N) is 1. The molecule has 0 spiro atoms. The second kappa shape index (κ2) is 10.6. The average Bonchev–Trinajstić information content (AvgIpc) is 2.82. The summed E-state index contributed by atoms with van der Waals surface area (Å²) in [4.78, 5) is 24.8. The van der Waals surface area contributed by atoms with E-state index in [0.29, 0.717) is 16.3 Å². The molecule has 8 heteroatoms. The van der Waals surface area contributed by atoms with Crippen molar-refractivity contribution in [2.45, 2.75) is 12.8 Å². The van der Waals surface area contributed by atoms with Crippen LogP contribution in [0, 0.1) is 17.1 Å². The van der Waals surface area contributed by atoms with E-state index < -0.39 is 23.7 Å². The summed E-state index contributed by atoms with van der Waals surface area (Å²) in [6.07, 6.45) is 0. The van der Waals surface area contributed by atoms with E-state index in [1.807, 2.05) is 6.07 Å². The standard InChI is InChI=1S/C24H21FN2O4S/c1-3-31-24(29)21-20(16-11-7-8-12-18(16)25)17(13-26)23(32-14-19(28)30-2)27-22(21)15-9-5-4-6-10-15/h4-12,20,27H,3,14H2,1-2H3/t20-/m1/s1. The number of rotatable bonds is 7. The Morgan fingerprint density at radius 1 is 1.16 bits per heavy atom. The van der Waals surface area contributed by atoms with Crippen LogP contribution in [0.15, 0.2) is 70.8 Å². The van der Waals surface area contributed by atoms with E-state index in [1.54, 1.807) is 37.3 Å². The summed E-state index contributed by atoms with van der Waals surface area (Å²) in [6, 6.07) is 17.1. The minimum absolute atomic E-state index is 0.0647. The van der Waals surface area contributed by atoms with Crippen molar-refractivity contribution in [1.82, 2.24) is 5.32 Å². The summed E-state index contributed by atoms with van der Waals surface area (Å²) in [5.41, 5.74) is 1.46. The Morgan fingerprint density at radius 3 is 2.47 bits per heavy atom. The number of carbonyl (C=O) groups is 2. The third-order valence-electron chi connectivity index (χ3n) is 4.79. The Morgan fingerprint density at radius 2 is 1.84 bits per heavy atom. The van der Waals surface area contributed by atoms with E-state index in [4.69, 9.17) is 9.47 Å². The van der Waals surface area contributed by atoms with Crippen LogP contribution in [-0.4, -0.2) is 31.4 Å². The summed E-state index contributed by atoms with van der Waals surface area (Å²) in [6.45, 7) is 1.79. The predicted octanol–water partition coefficient (Wildman–Crippen LogP) is 4.13. The van der Waals surface area contributed by atoms with E-state index in [9.17, 15) is 19.2 Å². The lowest BCUT2D eigenvalue weighted by Crippen LogP contribution is -2.30. The van der Waals surface area contributed by atoms with Gasteiger partial charge in [-0.1, -0.05) is 60.3 Å². The smallest absolute Gasteiger partial charge is 0.337 e. The zero-order valence-electron chi connectivity index (χ0n) is 17.6. The molecule has 32 heavy (non-hydrogen) atoms. The number of esters is 2. The molecule has 0 aromatic heterocycles. The van der Waals surface area contributed by atoms with Gasteiger partial charge in [0.25, 0.3) is 0 Å². The molecule has 0 fully saturated rings. The van der Waals surface area contributed by atoms with Crippen molar-refractivity contribution in [2.24, 2.45) is 0 Å². The van der Waals surface area contributed by atoms with Gasteiger partial charge in [-0.25, -0.2) is 9.18 Å². The van der Waals surface area contributed by atoms with E-state index in [2.05, 4.69) is 11.4 Å². The largest absolute Gasteiger partial charge is 0.468 e. The van der Waals surface area contributed by atoms with Crippen LogP contribution in [0.4, 0.5) is 4.39 Å². The molecule has 0 amide bonds. The maximum Gasteiger partial charge on any atom is 0.337 e. The van der Waals surface area contributed by atoms with Crippen molar-refractivity contribution in [2.75, 3.05) is 19.5 Å². The molecule has 0 saturated carbocycles. The van der Waals surface area contributed by atoms with Crippen molar-refractivity contribution in [3.8, 4) is 6.07 Å². The maximum atomic E-state index is 14.9. The summed E-state index contributed by atoms with van der Waals surface area (Å²) in [7, 11) is 1.27. The van der Waals surface area contributed by atoms with Crippen LogP contribution in [0.25, 0.3) is 5.70 Å². The summed E-state index contributed by atoms with van der Waals surface area (Å²) < 4.78 is 24.9. The second-order valence-electron chi connectivity index (χ2n) is 6.67. The minimum Gasteiger partial charge on any atom is -0.468 e. The van der Waals surface area contributed by atoms with E-state index >= 15 is 0 Å². The predicted molar refractivity (Wildman–Crippen MR) is 119 cm³/mol. The SMILES string of the molecule is CCOC(=O)C1=C(c2ccccc2)NC(SCC(=O)OC)=C(C#N)[C@H]1c1ccccc1F. The van der Waals surface area contributed by atoms with Gasteiger partial charge in [-0.05, 0) is 18.6 Å². The normalized spacial score (nSPS) is 15.6. The molecule has 0 saturated heterocycles. The number of ether oxygens (including phenoxy) is 2. The topological polar surface area (TPSA) is 88.4 Å². The molecular formula is C24H21FN2O4S. The van der Waals surface area contributed by atoms with Crippen LogP contribution in [0.1, 0.15) is 24.0 Å². The van der Waals surface area contributed by atoms with E-state index in [0.717, 1.165) is 11.8 Å². The molecule has 0 unspecified atom stereocenters. The lowest BCUT2D eigenvalue weighted by atomic mass is 9.81. The van der Waals surface area contributed by atoms with Gasteiger partial charge in [0, 0.05) is 5.56 Å². The average molecular weight is 453 g/mol. The molecule has 2 aromatic carbocycles. The van der Waals surface area contributed by atoms with Crippen LogP contribution in [0.5, 0.6) is 0 Å². The fraction of sp³-hybridized carbons (Fsp3) is 0.208. The van der Waals surface area contributed by atoms with Gasteiger partial charge in [-0.3, -0.25) is 4.79 Å². The van der Waals surface area contributed by atoms with Crippen molar-refractivity contribution in [3.05, 3.63) is 87.7 Å². The number of halogens is 1. The van der Waals surface area contributed by atoms with Crippen LogP contribution in [0.3, 0.4) is 0 Å². The molecule has 1 atom stereocenters. The summed E-state index contributed by atoms with van der Waals surface area (Å²) >= 11 is 1.06. The molecule has 1 aliphatic rings. The van der Waals surface area contributed by atoms with Gasteiger partial charge in [0.05, 0.1) is 53.3 Å². The highest BCUT2D eigenvalue weighted by atomic mass is 32.2. The number of nitrogens with one attached hydrogen (secondary N) is 1. The monoisotopic (exact) mass is 452 g/mol. The fourth-order valence-electron chi connectivity index (χ4n) is 3.37. The van der Waals surface area contributed by atoms with Crippen LogP contribution >= 0.6 is 11.8 Å². The molecule has 1 N–H and O–H groups in total. The quantitative estimate of drug-likeness (QED) is 0.632. The Labute approximate surface area is 189 Å². The van der Waals surface area contributed by atoms with E-state index in [1.165, 1.54) is 25.3 Å². The van der Waals surface area contributed by atoms with Crippen LogP contribution in [-0.2, 0) is 19.1 Å². The summed E-state index contributed by atoms with van der Waals surface area (Å²) in [5.74, 6) is -2.77. The highest BCUT2D eigenvalue weighted by molar-refractivity contribution is 8.03. The third kappa shape index (κ3) is 4.84. The molecule has 164 valence electrons. The second-order valence-corrected chi connectivity index (χ2v) is 7.66. The molecular weight excluding hydrogens is 431 g/mol. The highest BCUT2D eigenvalue weighted by Gasteiger charge is 2.38. The van der Waals surface area contributed by atoms with Gasteiger partial charge in [-0.2, -0.15) is 5.26 Å². The van der Waals surface area contributed by atoms with Gasteiger partial charge in [0.15, 0.2) is 0 Å². The number of methoxy groups -OCH3 is 1. The van der Waals surface area contributed by atoms with Crippen LogP contribution < -0.4 is 5.32 Å². The zero-order valence-corrected chi connectivity index (χ0v) is 18.4. The molecule has 1 aliphatic heterocycles. The first kappa shape index (κ1) is 23.1. The van der Waals surface area contributed by atoms with Gasteiger partial charge in [-0.15, -0.1) is 0 Å². The summed E-state index contributed by atoms with van der Waals surface area (Å²) in [5, 5.41) is 13.5. The zero-order chi connectivity index (χ0) is 23.1. The van der Waals surface area contributed by atoms with Gasteiger partial charge in [0.2, 0.25) is 0 Å². The number of hydrogen-bond acceptors (Lipinski definition) is 7. The molecule has 0 aliphatic carbocycles. The van der Waals surface area contributed by atoms with Crippen molar-refractivity contribution < 1.29 is 23.5 Å². The fourth-order valence-corrected chi connectivity index (χ4v) is 4.24. The number of dihydropyridines is 1. The van der Waals surface area contributed by atoms with Gasteiger partial charge in [0.1, 0.15) is 5.82 Å². The first-order chi connectivity index (χ1) is 15.5. The van der Waals surface area contributed by atoms with Gasteiger partial charge >= 0.3 is 11.9 Å². The lowest BCUT2D eigenvalue weighted by molar-refractivity contribution is -0.139. The molecule has 0 bridgehead atoms. The number of hydrogen-bond donors (Lipinski definition) is 1. The van der Waals surface area contributed by atoms with Crippen molar-refractivity contribution in [1.29, 1.82) is 5.26 Å². The maximum absolute atomic E-state index is 14.9. The number of nitriles is 1. The van der Waals surface area contributed by atoms with E-state index in [-0.39, 0.29) is 29.1 Å². The van der Waals surface area contributed by atoms with Crippen LogP contribution in [0.2, 0.25) is 0 Å². The van der Waals surface area contributed by atoms with Crippen molar-refractivity contribution in [3.63, 3.8) is 0 Å². The Hall–Kier alpha value is -3.57. The Bertz CT molecular complexity index is 1120. The number of thioether (sulfide) groups is 1. The third-order valence-corrected chi connectivity index (χ3v) is 5.78. The molecule has 0 radical (unpaired) electrons. The Balaban J connectivity index is 2.27. The molecule has 1 heterocycles. The first-order valence-corrected chi connectivity index (χ1v) is 10.8. The first-order valence-electron chi connectivity index (χ1n) is 9.83. The number of benzene rings is 2. The lowest BCUT2D eigenvalue weighted by Gasteiger charge is -2.30. The minimum atomic E-state index is -1.02. The van der Waals surface area contributed by atoms with Gasteiger partial charge < -0.3 is 14.8 Å². The molecule has 6 nitrogen and oxygen atoms in total. The van der Waals surface area contributed by atoms with Crippen molar-refractivity contribution >= 4 is 29.4 Å². The highest BCUT2D eigenvalue weighted by Crippen LogP contribution is 2.44. The number of carbonyl (C=O) groups excluding carboxylic acids is 2.